The van der Waals surface area contributed by atoms with Gasteiger partial charge in [-0.2, -0.15) is 0 Å². The SMILES string of the molecule is CN=C(NCC(C)(C)NS(C)(=O)=O)N1CCC(C)C(n2ccnc2)C1. The van der Waals surface area contributed by atoms with Crippen molar-refractivity contribution in [2.24, 2.45) is 10.9 Å². The average molecular weight is 371 g/mol. The van der Waals surface area contributed by atoms with Crippen LogP contribution in [-0.4, -0.2) is 67.3 Å². The lowest BCUT2D eigenvalue weighted by Gasteiger charge is -2.40. The molecule has 2 heterocycles. The summed E-state index contributed by atoms with van der Waals surface area (Å²) in [6, 6.07) is 0.344. The molecule has 0 aromatic carbocycles. The molecule has 1 aromatic rings. The number of imidazole rings is 1. The highest BCUT2D eigenvalue weighted by molar-refractivity contribution is 7.88. The molecule has 0 bridgehead atoms. The van der Waals surface area contributed by atoms with E-state index >= 15 is 0 Å². The minimum atomic E-state index is -3.26. The largest absolute Gasteiger partial charge is 0.354 e. The zero-order valence-corrected chi connectivity index (χ0v) is 16.5. The zero-order chi connectivity index (χ0) is 18.7. The summed E-state index contributed by atoms with van der Waals surface area (Å²) in [6.07, 6.45) is 7.90. The second kappa shape index (κ2) is 7.74. The number of aliphatic imine (C=N–C) groups is 1. The Morgan fingerprint density at radius 1 is 1.44 bits per heavy atom. The fraction of sp³-hybridized carbons (Fsp3) is 0.750. The highest BCUT2D eigenvalue weighted by Crippen LogP contribution is 2.27. The minimum absolute atomic E-state index is 0.344. The fourth-order valence-electron chi connectivity index (χ4n) is 3.27. The van der Waals surface area contributed by atoms with Crippen LogP contribution in [0.15, 0.2) is 23.7 Å². The van der Waals surface area contributed by atoms with Gasteiger partial charge in [0.05, 0.1) is 18.6 Å². The Hall–Kier alpha value is -1.61. The summed E-state index contributed by atoms with van der Waals surface area (Å²) in [5, 5.41) is 3.31. The third-order valence-corrected chi connectivity index (χ3v) is 5.41. The predicted molar refractivity (Wildman–Crippen MR) is 100 cm³/mol. The Morgan fingerprint density at radius 3 is 2.72 bits per heavy atom. The second-order valence-electron chi connectivity index (χ2n) is 7.45. The van der Waals surface area contributed by atoms with Gasteiger partial charge in [0, 0.05) is 44.6 Å². The molecule has 0 radical (unpaired) electrons. The van der Waals surface area contributed by atoms with Crippen LogP contribution in [0.5, 0.6) is 0 Å². The van der Waals surface area contributed by atoms with Crippen molar-refractivity contribution in [3.8, 4) is 0 Å². The molecule has 9 heteroatoms. The summed E-state index contributed by atoms with van der Waals surface area (Å²) in [4.78, 5) is 10.8. The molecule has 2 atom stereocenters. The molecular weight excluding hydrogens is 340 g/mol. The Balaban J connectivity index is 2.01. The summed E-state index contributed by atoms with van der Waals surface area (Å²) in [7, 11) is -1.51. The number of guanidine groups is 1. The molecule has 1 aliphatic rings. The molecule has 2 unspecified atom stereocenters. The predicted octanol–water partition coefficient (Wildman–Crippen LogP) is 0.669. The number of nitrogens with one attached hydrogen (secondary N) is 2. The van der Waals surface area contributed by atoms with Gasteiger partial charge in [0.25, 0.3) is 0 Å². The van der Waals surface area contributed by atoms with Crippen LogP contribution in [0, 0.1) is 5.92 Å². The molecular formula is C16H30N6O2S. The molecule has 25 heavy (non-hydrogen) atoms. The molecule has 1 fully saturated rings. The highest BCUT2D eigenvalue weighted by Gasteiger charge is 2.30. The van der Waals surface area contributed by atoms with Crippen molar-refractivity contribution in [2.75, 3.05) is 32.9 Å². The van der Waals surface area contributed by atoms with Crippen LogP contribution in [0.25, 0.3) is 0 Å². The summed E-state index contributed by atoms with van der Waals surface area (Å²) in [6.45, 7) is 8.18. The summed E-state index contributed by atoms with van der Waals surface area (Å²) in [5.41, 5.74) is -0.601. The maximum absolute atomic E-state index is 11.5. The molecule has 1 aliphatic heterocycles. The lowest BCUT2D eigenvalue weighted by Crippen LogP contribution is -2.55. The first-order valence-electron chi connectivity index (χ1n) is 8.53. The standard InChI is InChI=1S/C16H30N6O2S/c1-13-6-8-21(10-14(13)22-9-7-18-12-22)15(17-4)19-11-16(2,3)20-25(5,23)24/h7,9,12-14,20H,6,8,10-11H2,1-5H3,(H,17,19). The number of hydrogen-bond acceptors (Lipinski definition) is 4. The normalized spacial score (nSPS) is 22.9. The molecule has 1 aromatic heterocycles. The minimum Gasteiger partial charge on any atom is -0.354 e. The smallest absolute Gasteiger partial charge is 0.209 e. The molecule has 142 valence electrons. The van der Waals surface area contributed by atoms with Gasteiger partial charge >= 0.3 is 0 Å². The van der Waals surface area contributed by atoms with Crippen molar-refractivity contribution in [3.05, 3.63) is 18.7 Å². The van der Waals surface area contributed by atoms with Crippen LogP contribution in [0.2, 0.25) is 0 Å². The Kier molecular flexibility index (Phi) is 6.10. The van der Waals surface area contributed by atoms with Crippen molar-refractivity contribution in [1.29, 1.82) is 0 Å². The van der Waals surface area contributed by atoms with Crippen molar-refractivity contribution < 1.29 is 8.42 Å². The number of piperidine rings is 1. The Bertz CT molecular complexity index is 683. The first-order valence-corrected chi connectivity index (χ1v) is 10.4. The van der Waals surface area contributed by atoms with E-state index in [1.54, 1.807) is 13.2 Å². The topological polar surface area (TPSA) is 91.6 Å². The third-order valence-electron chi connectivity index (χ3n) is 4.49. The van der Waals surface area contributed by atoms with Gasteiger partial charge in [0.2, 0.25) is 10.0 Å². The van der Waals surface area contributed by atoms with Crippen LogP contribution < -0.4 is 10.0 Å². The molecule has 0 aliphatic carbocycles. The van der Waals surface area contributed by atoms with Gasteiger partial charge in [0.15, 0.2) is 5.96 Å². The number of rotatable bonds is 5. The number of likely N-dealkylation sites (tertiary alicyclic amines) is 1. The Morgan fingerprint density at radius 2 is 2.16 bits per heavy atom. The van der Waals surface area contributed by atoms with Crippen LogP contribution in [0.3, 0.4) is 0 Å². The van der Waals surface area contributed by atoms with Crippen LogP contribution in [-0.2, 0) is 10.0 Å². The van der Waals surface area contributed by atoms with Gasteiger partial charge in [-0.15, -0.1) is 0 Å². The van der Waals surface area contributed by atoms with Gasteiger partial charge < -0.3 is 14.8 Å². The molecule has 0 spiro atoms. The third kappa shape index (κ3) is 5.71. The van der Waals surface area contributed by atoms with E-state index in [9.17, 15) is 8.42 Å². The summed E-state index contributed by atoms with van der Waals surface area (Å²) in [5.74, 6) is 1.35. The molecule has 0 saturated carbocycles. The van der Waals surface area contributed by atoms with Gasteiger partial charge in [-0.05, 0) is 26.2 Å². The number of sulfonamides is 1. The van der Waals surface area contributed by atoms with Gasteiger partial charge in [0.1, 0.15) is 0 Å². The monoisotopic (exact) mass is 370 g/mol. The Labute approximate surface area is 150 Å². The van der Waals surface area contributed by atoms with Gasteiger partial charge in [-0.1, -0.05) is 6.92 Å². The summed E-state index contributed by atoms with van der Waals surface area (Å²) < 4.78 is 27.8. The maximum Gasteiger partial charge on any atom is 0.209 e. The average Bonchev–Trinajstić information content (AvgIpc) is 3.00. The van der Waals surface area contributed by atoms with Gasteiger partial charge in [-0.3, -0.25) is 4.99 Å². The van der Waals surface area contributed by atoms with Crippen LogP contribution in [0.1, 0.15) is 33.2 Å². The van der Waals surface area contributed by atoms with Crippen molar-refractivity contribution in [1.82, 2.24) is 24.5 Å². The molecule has 2 rings (SSSR count). The number of hydrogen-bond donors (Lipinski definition) is 2. The van der Waals surface area contributed by atoms with E-state index in [4.69, 9.17) is 0 Å². The number of aromatic nitrogens is 2. The van der Waals surface area contributed by atoms with E-state index in [0.29, 0.717) is 18.5 Å². The zero-order valence-electron chi connectivity index (χ0n) is 15.7. The first-order chi connectivity index (χ1) is 11.6. The van der Waals surface area contributed by atoms with Crippen molar-refractivity contribution in [2.45, 2.75) is 38.8 Å². The van der Waals surface area contributed by atoms with E-state index in [1.165, 1.54) is 6.26 Å². The van der Waals surface area contributed by atoms with Crippen LogP contribution >= 0.6 is 0 Å². The highest BCUT2D eigenvalue weighted by atomic mass is 32.2. The van der Waals surface area contributed by atoms with E-state index in [1.807, 2.05) is 26.4 Å². The lowest BCUT2D eigenvalue weighted by molar-refractivity contribution is 0.188. The second-order valence-corrected chi connectivity index (χ2v) is 9.20. The first kappa shape index (κ1) is 19.7. The van der Waals surface area contributed by atoms with E-state index in [-0.39, 0.29) is 0 Å². The summed E-state index contributed by atoms with van der Waals surface area (Å²) >= 11 is 0. The van der Waals surface area contributed by atoms with Gasteiger partial charge in [-0.25, -0.2) is 18.1 Å². The van der Waals surface area contributed by atoms with Crippen molar-refractivity contribution in [3.63, 3.8) is 0 Å². The molecule has 1 saturated heterocycles. The maximum atomic E-state index is 11.5. The quantitative estimate of drug-likeness (QED) is 0.587. The van der Waals surface area contributed by atoms with E-state index < -0.39 is 15.6 Å². The fourth-order valence-corrected chi connectivity index (χ4v) is 4.34. The molecule has 2 N–H and O–H groups in total. The van der Waals surface area contributed by atoms with E-state index in [0.717, 1.165) is 25.5 Å². The molecule has 0 amide bonds. The molecule has 8 nitrogen and oxygen atoms in total. The van der Waals surface area contributed by atoms with E-state index in [2.05, 4.69) is 36.4 Å². The lowest BCUT2D eigenvalue weighted by atomic mass is 9.93. The van der Waals surface area contributed by atoms with Crippen LogP contribution in [0.4, 0.5) is 0 Å². The number of nitrogens with zero attached hydrogens (tertiary/aromatic N) is 4. The van der Waals surface area contributed by atoms with Crippen molar-refractivity contribution >= 4 is 16.0 Å².